The molecule has 0 aliphatic rings. The number of aromatic nitrogens is 4. The van der Waals surface area contributed by atoms with Gasteiger partial charge in [-0.2, -0.15) is 0 Å². The molecule has 0 bridgehead atoms. The third kappa shape index (κ3) is 5.63. The highest BCUT2D eigenvalue weighted by molar-refractivity contribution is 7.25. The number of rotatable bonds is 6. The van der Waals surface area contributed by atoms with Crippen molar-refractivity contribution in [1.29, 1.82) is 0 Å². The molecule has 6 heteroatoms. The third-order valence-electron chi connectivity index (χ3n) is 10.3. The summed E-state index contributed by atoms with van der Waals surface area (Å²) in [5.74, 6) is 2.29. The number of oxazole rings is 1. The molecule has 0 spiro atoms. The standard InChI is InChI=1S/C50H30N4OS/c1-4-14-31(15-5-1)41-27-36(26-34-20-10-11-21-38(34)41)48-52-47(32-16-6-2-7-17-32)53-49(54-48)37-28-42(46-43(29-37)55-50(51-46)33-18-8-3-9-19-33)35-24-25-40-39-22-12-13-23-44(39)56-45(40)30-35/h1-30H. The lowest BCUT2D eigenvalue weighted by molar-refractivity contribution is 0.620. The van der Waals surface area contributed by atoms with Gasteiger partial charge in [-0.25, -0.2) is 19.9 Å². The van der Waals surface area contributed by atoms with Crippen LogP contribution in [-0.4, -0.2) is 19.9 Å². The Hall–Kier alpha value is -7.28. The Bertz CT molecular complexity index is 3250. The average Bonchev–Trinajstić information content (AvgIpc) is 3.88. The Balaban J connectivity index is 1.15. The van der Waals surface area contributed by atoms with Crippen molar-refractivity contribution in [3.05, 3.63) is 182 Å². The fraction of sp³-hybridized carbons (Fsp3) is 0. The van der Waals surface area contributed by atoms with Gasteiger partial charge in [-0.05, 0) is 76.0 Å². The lowest BCUT2D eigenvalue weighted by Gasteiger charge is -2.13. The lowest BCUT2D eigenvalue weighted by atomic mass is 9.95. The molecular weight excluding hydrogens is 705 g/mol. The van der Waals surface area contributed by atoms with Gasteiger partial charge in [0, 0.05) is 48.0 Å². The molecule has 11 aromatic rings. The molecule has 3 heterocycles. The summed E-state index contributed by atoms with van der Waals surface area (Å²) in [5, 5.41) is 4.79. The summed E-state index contributed by atoms with van der Waals surface area (Å²) in [6.45, 7) is 0. The predicted molar refractivity (Wildman–Crippen MR) is 230 cm³/mol. The van der Waals surface area contributed by atoms with E-state index < -0.39 is 0 Å². The van der Waals surface area contributed by atoms with Crippen LogP contribution < -0.4 is 0 Å². The first-order chi connectivity index (χ1) is 27.7. The zero-order chi connectivity index (χ0) is 37.0. The van der Waals surface area contributed by atoms with Gasteiger partial charge < -0.3 is 4.42 Å². The summed E-state index contributed by atoms with van der Waals surface area (Å²) in [7, 11) is 0. The summed E-state index contributed by atoms with van der Waals surface area (Å²) >= 11 is 1.80. The molecule has 0 fully saturated rings. The van der Waals surface area contributed by atoms with E-state index in [0.717, 1.165) is 55.4 Å². The summed E-state index contributed by atoms with van der Waals surface area (Å²) < 4.78 is 9.06. The van der Waals surface area contributed by atoms with Crippen molar-refractivity contribution in [2.24, 2.45) is 0 Å². The molecule has 3 aromatic heterocycles. The minimum atomic E-state index is 0.548. The monoisotopic (exact) mass is 734 g/mol. The highest BCUT2D eigenvalue weighted by Gasteiger charge is 2.20. The number of hydrogen-bond donors (Lipinski definition) is 0. The number of nitrogens with zero attached hydrogens (tertiary/aromatic N) is 4. The van der Waals surface area contributed by atoms with E-state index in [1.165, 1.54) is 25.6 Å². The van der Waals surface area contributed by atoms with Gasteiger partial charge in [0.25, 0.3) is 0 Å². The lowest BCUT2D eigenvalue weighted by Crippen LogP contribution is -2.01. The smallest absolute Gasteiger partial charge is 0.227 e. The van der Waals surface area contributed by atoms with E-state index in [4.69, 9.17) is 24.4 Å². The largest absolute Gasteiger partial charge is 0.436 e. The molecular formula is C50H30N4OS. The second-order valence-corrected chi connectivity index (χ2v) is 14.9. The number of hydrogen-bond acceptors (Lipinski definition) is 6. The van der Waals surface area contributed by atoms with E-state index in [-0.39, 0.29) is 0 Å². The molecule has 56 heavy (non-hydrogen) atoms. The quantitative estimate of drug-likeness (QED) is 0.170. The zero-order valence-corrected chi connectivity index (χ0v) is 30.7. The van der Waals surface area contributed by atoms with Gasteiger partial charge >= 0.3 is 0 Å². The van der Waals surface area contributed by atoms with Crippen LogP contribution in [0.3, 0.4) is 0 Å². The summed E-state index contributed by atoms with van der Waals surface area (Å²) in [4.78, 5) is 20.6. The first-order valence-corrected chi connectivity index (χ1v) is 19.4. The van der Waals surface area contributed by atoms with E-state index in [0.29, 0.717) is 28.9 Å². The van der Waals surface area contributed by atoms with Gasteiger partial charge in [-0.15, -0.1) is 11.3 Å². The molecule has 0 atom stereocenters. The third-order valence-corrected chi connectivity index (χ3v) is 11.5. The first kappa shape index (κ1) is 32.2. The van der Waals surface area contributed by atoms with Crippen LogP contribution in [-0.2, 0) is 0 Å². The van der Waals surface area contributed by atoms with Crippen LogP contribution in [0.4, 0.5) is 0 Å². The first-order valence-electron chi connectivity index (χ1n) is 18.5. The van der Waals surface area contributed by atoms with Crippen molar-refractivity contribution < 1.29 is 4.42 Å². The summed E-state index contributed by atoms with van der Waals surface area (Å²) in [6, 6.07) is 62.9. The maximum atomic E-state index is 6.58. The van der Waals surface area contributed by atoms with Crippen molar-refractivity contribution >= 4 is 53.4 Å². The Morgan fingerprint density at radius 1 is 0.357 bits per heavy atom. The summed E-state index contributed by atoms with van der Waals surface area (Å²) in [6.07, 6.45) is 0. The highest BCUT2D eigenvalue weighted by atomic mass is 32.1. The maximum Gasteiger partial charge on any atom is 0.227 e. The molecule has 0 saturated carbocycles. The minimum absolute atomic E-state index is 0.548. The second-order valence-electron chi connectivity index (χ2n) is 13.8. The van der Waals surface area contributed by atoms with Crippen LogP contribution in [0.5, 0.6) is 0 Å². The molecule has 0 unspecified atom stereocenters. The van der Waals surface area contributed by atoms with Gasteiger partial charge in [0.2, 0.25) is 5.89 Å². The van der Waals surface area contributed by atoms with E-state index in [2.05, 4.69) is 109 Å². The fourth-order valence-corrected chi connectivity index (χ4v) is 8.77. The minimum Gasteiger partial charge on any atom is -0.436 e. The van der Waals surface area contributed by atoms with Crippen LogP contribution in [0, 0.1) is 0 Å². The SMILES string of the molecule is c1ccc(-c2nc(-c3cc(-c4ccccc4)c4ccccc4c3)nc(-c3cc(-c4ccc5c(c4)sc4ccccc45)c4nc(-c5ccccc5)oc4c3)n2)cc1. The second kappa shape index (κ2) is 13.2. The zero-order valence-electron chi connectivity index (χ0n) is 29.9. The normalized spacial score (nSPS) is 11.6. The van der Waals surface area contributed by atoms with E-state index in [1.807, 2.05) is 72.8 Å². The van der Waals surface area contributed by atoms with Crippen LogP contribution >= 0.6 is 11.3 Å². The molecule has 0 aliphatic heterocycles. The average molecular weight is 735 g/mol. The van der Waals surface area contributed by atoms with E-state index >= 15 is 0 Å². The molecule has 11 rings (SSSR count). The van der Waals surface area contributed by atoms with Gasteiger partial charge in [0.1, 0.15) is 5.52 Å². The van der Waals surface area contributed by atoms with Gasteiger partial charge in [-0.3, -0.25) is 0 Å². The van der Waals surface area contributed by atoms with Crippen molar-refractivity contribution in [3.63, 3.8) is 0 Å². The maximum absolute atomic E-state index is 6.58. The molecule has 0 saturated heterocycles. The fourth-order valence-electron chi connectivity index (χ4n) is 7.62. The molecule has 0 aliphatic carbocycles. The molecule has 5 nitrogen and oxygen atoms in total. The van der Waals surface area contributed by atoms with Gasteiger partial charge in [0.05, 0.1) is 0 Å². The van der Waals surface area contributed by atoms with Crippen LogP contribution in [0.1, 0.15) is 0 Å². The molecule has 0 radical (unpaired) electrons. The summed E-state index contributed by atoms with van der Waals surface area (Å²) in [5.41, 5.74) is 9.23. The highest BCUT2D eigenvalue weighted by Crippen LogP contribution is 2.41. The van der Waals surface area contributed by atoms with Crippen LogP contribution in [0.2, 0.25) is 0 Å². The van der Waals surface area contributed by atoms with Crippen molar-refractivity contribution in [2.45, 2.75) is 0 Å². The van der Waals surface area contributed by atoms with Crippen molar-refractivity contribution in [1.82, 2.24) is 19.9 Å². The molecule has 0 N–H and O–H groups in total. The van der Waals surface area contributed by atoms with Crippen molar-refractivity contribution in [2.75, 3.05) is 0 Å². The van der Waals surface area contributed by atoms with E-state index in [1.54, 1.807) is 11.3 Å². The Labute approximate surface area is 326 Å². The van der Waals surface area contributed by atoms with E-state index in [9.17, 15) is 0 Å². The Morgan fingerprint density at radius 3 is 1.68 bits per heavy atom. The molecule has 8 aromatic carbocycles. The van der Waals surface area contributed by atoms with Gasteiger partial charge in [0.15, 0.2) is 23.1 Å². The Morgan fingerprint density at radius 2 is 0.929 bits per heavy atom. The van der Waals surface area contributed by atoms with Crippen LogP contribution in [0.15, 0.2) is 186 Å². The number of fused-ring (bicyclic) bond motifs is 5. The molecule has 0 amide bonds. The number of thiophene rings is 1. The number of benzene rings is 8. The van der Waals surface area contributed by atoms with Crippen molar-refractivity contribution in [3.8, 4) is 67.9 Å². The molecule has 262 valence electrons. The Kier molecular flexibility index (Phi) is 7.60. The topological polar surface area (TPSA) is 64.7 Å². The van der Waals surface area contributed by atoms with Crippen LogP contribution in [0.25, 0.3) is 110 Å². The van der Waals surface area contributed by atoms with Gasteiger partial charge in [-0.1, -0.05) is 133 Å². The predicted octanol–water partition coefficient (Wildman–Crippen LogP) is 13.5.